The Kier molecular flexibility index (Phi) is 3.56. The van der Waals surface area contributed by atoms with Crippen molar-refractivity contribution in [3.05, 3.63) is 33.4 Å². The molecule has 8 heteroatoms. The van der Waals surface area contributed by atoms with Crippen molar-refractivity contribution in [1.29, 1.82) is 0 Å². The van der Waals surface area contributed by atoms with E-state index in [1.165, 1.54) is 7.11 Å². The summed E-state index contributed by atoms with van der Waals surface area (Å²) in [6.07, 6.45) is -4.83. The smallest absolute Gasteiger partial charge is 0.423 e. The van der Waals surface area contributed by atoms with E-state index in [1.54, 1.807) is 0 Å². The summed E-state index contributed by atoms with van der Waals surface area (Å²) in [6, 6.07) is 1.70. The van der Waals surface area contributed by atoms with Crippen LogP contribution < -0.4 is 10.5 Å². The molecule has 0 spiro atoms. The van der Waals surface area contributed by atoms with Crippen LogP contribution in [0.25, 0.3) is 0 Å². The van der Waals surface area contributed by atoms with Crippen LogP contribution in [-0.2, 0) is 12.7 Å². The molecule has 0 unspecified atom stereocenters. The van der Waals surface area contributed by atoms with Gasteiger partial charge in [-0.3, -0.25) is 10.1 Å². The van der Waals surface area contributed by atoms with Crippen LogP contribution in [-0.4, -0.2) is 12.0 Å². The second-order valence-electron chi connectivity index (χ2n) is 3.14. The molecule has 1 aromatic carbocycles. The van der Waals surface area contributed by atoms with Gasteiger partial charge in [0.2, 0.25) is 0 Å². The predicted molar refractivity (Wildman–Crippen MR) is 52.5 cm³/mol. The minimum Gasteiger partial charge on any atom is -0.497 e. The Balaban J connectivity index is 3.58. The monoisotopic (exact) mass is 250 g/mol. The lowest BCUT2D eigenvalue weighted by molar-refractivity contribution is -0.388. The molecule has 0 saturated heterocycles. The fourth-order valence-electron chi connectivity index (χ4n) is 1.37. The second kappa shape index (κ2) is 4.58. The van der Waals surface area contributed by atoms with Crippen molar-refractivity contribution >= 4 is 5.69 Å². The fourth-order valence-corrected chi connectivity index (χ4v) is 1.37. The van der Waals surface area contributed by atoms with Gasteiger partial charge in [0.25, 0.3) is 5.69 Å². The van der Waals surface area contributed by atoms with Crippen molar-refractivity contribution in [1.82, 2.24) is 0 Å². The molecule has 0 amide bonds. The summed E-state index contributed by atoms with van der Waals surface area (Å²) in [5, 5.41) is 10.7. The number of ether oxygens (including phenoxy) is 1. The van der Waals surface area contributed by atoms with Gasteiger partial charge in [0.05, 0.1) is 12.0 Å². The number of halogens is 3. The van der Waals surface area contributed by atoms with E-state index in [4.69, 9.17) is 5.73 Å². The van der Waals surface area contributed by atoms with Crippen molar-refractivity contribution in [2.45, 2.75) is 12.7 Å². The van der Waals surface area contributed by atoms with Crippen molar-refractivity contribution in [2.75, 3.05) is 7.11 Å². The molecular weight excluding hydrogens is 241 g/mol. The molecule has 0 saturated carbocycles. The third-order valence-electron chi connectivity index (χ3n) is 2.11. The second-order valence-corrected chi connectivity index (χ2v) is 3.14. The number of alkyl halides is 3. The molecule has 5 nitrogen and oxygen atoms in total. The fraction of sp³-hybridized carbons (Fsp3) is 0.333. The van der Waals surface area contributed by atoms with Gasteiger partial charge in [0.1, 0.15) is 11.3 Å². The zero-order chi connectivity index (χ0) is 13.2. The number of hydrogen-bond donors (Lipinski definition) is 1. The predicted octanol–water partition coefficient (Wildman–Crippen LogP) is 2.08. The van der Waals surface area contributed by atoms with Crippen LogP contribution in [0.4, 0.5) is 18.9 Å². The molecule has 0 bridgehead atoms. The lowest BCUT2D eigenvalue weighted by Crippen LogP contribution is -2.13. The zero-order valence-electron chi connectivity index (χ0n) is 8.75. The van der Waals surface area contributed by atoms with Gasteiger partial charge >= 0.3 is 6.18 Å². The third kappa shape index (κ3) is 2.64. The Morgan fingerprint density at radius 2 is 2.06 bits per heavy atom. The maximum absolute atomic E-state index is 12.6. The highest BCUT2D eigenvalue weighted by atomic mass is 19.4. The lowest BCUT2D eigenvalue weighted by Gasteiger charge is -2.12. The summed E-state index contributed by atoms with van der Waals surface area (Å²) in [4.78, 5) is 9.56. The lowest BCUT2D eigenvalue weighted by atomic mass is 10.1. The number of nitro benzene ring substituents is 1. The van der Waals surface area contributed by atoms with Gasteiger partial charge < -0.3 is 10.5 Å². The average Bonchev–Trinajstić information content (AvgIpc) is 2.25. The topological polar surface area (TPSA) is 78.4 Å². The minimum absolute atomic E-state index is 0.122. The maximum atomic E-state index is 12.6. The summed E-state index contributed by atoms with van der Waals surface area (Å²) in [7, 11) is 1.17. The summed E-state index contributed by atoms with van der Waals surface area (Å²) < 4.78 is 42.6. The van der Waals surface area contributed by atoms with Crippen molar-refractivity contribution in [3.8, 4) is 5.75 Å². The Morgan fingerprint density at radius 1 is 1.47 bits per heavy atom. The van der Waals surface area contributed by atoms with Crippen LogP contribution in [0.3, 0.4) is 0 Å². The van der Waals surface area contributed by atoms with Crippen LogP contribution in [0.15, 0.2) is 12.1 Å². The van der Waals surface area contributed by atoms with Crippen LogP contribution in [0.2, 0.25) is 0 Å². The van der Waals surface area contributed by atoms with E-state index in [2.05, 4.69) is 4.74 Å². The van der Waals surface area contributed by atoms with Gasteiger partial charge in [0, 0.05) is 12.1 Å². The van der Waals surface area contributed by atoms with Gasteiger partial charge in [-0.15, -0.1) is 0 Å². The Morgan fingerprint density at radius 3 is 2.41 bits per heavy atom. The van der Waals surface area contributed by atoms with Gasteiger partial charge in [-0.2, -0.15) is 13.2 Å². The van der Waals surface area contributed by atoms with E-state index in [1.807, 2.05) is 0 Å². The zero-order valence-corrected chi connectivity index (χ0v) is 8.75. The standard InChI is InChI=1S/C9H9F3N2O3/c1-17-6-2-5(4-13)8(14(15)16)7(3-6)9(10,11)12/h2-3H,4,13H2,1H3. The molecule has 0 radical (unpaired) electrons. The van der Waals surface area contributed by atoms with Crippen LogP contribution in [0.5, 0.6) is 5.75 Å². The average molecular weight is 250 g/mol. The van der Waals surface area contributed by atoms with E-state index in [0.717, 1.165) is 6.07 Å². The SMILES string of the molecule is COc1cc(CN)c([N+](=O)[O-])c(C(F)(F)F)c1. The van der Waals surface area contributed by atoms with Gasteiger partial charge in [-0.1, -0.05) is 0 Å². The molecule has 0 aliphatic heterocycles. The summed E-state index contributed by atoms with van der Waals surface area (Å²) in [5.41, 5.74) is 2.59. The molecule has 94 valence electrons. The van der Waals surface area contributed by atoms with Gasteiger partial charge in [-0.25, -0.2) is 0 Å². The molecule has 17 heavy (non-hydrogen) atoms. The number of nitrogens with two attached hydrogens (primary N) is 1. The van der Waals surface area contributed by atoms with Crippen molar-refractivity contribution in [3.63, 3.8) is 0 Å². The summed E-state index contributed by atoms with van der Waals surface area (Å²) in [5.74, 6) is -0.122. The molecular formula is C9H9F3N2O3. The molecule has 0 aliphatic carbocycles. The maximum Gasteiger partial charge on any atom is 0.423 e. The van der Waals surface area contributed by atoms with Crippen molar-refractivity contribution in [2.24, 2.45) is 5.73 Å². The Bertz CT molecular complexity index is 446. The molecule has 2 N–H and O–H groups in total. The molecule has 0 heterocycles. The number of benzene rings is 1. The Hall–Kier alpha value is -1.83. The van der Waals surface area contributed by atoms with Gasteiger partial charge in [0.15, 0.2) is 0 Å². The summed E-state index contributed by atoms with van der Waals surface area (Å²) >= 11 is 0. The van der Waals surface area contributed by atoms with Crippen LogP contribution in [0, 0.1) is 10.1 Å². The van der Waals surface area contributed by atoms with Crippen molar-refractivity contribution < 1.29 is 22.8 Å². The first-order chi connectivity index (χ1) is 7.81. The first kappa shape index (κ1) is 13.2. The number of rotatable bonds is 3. The quantitative estimate of drug-likeness (QED) is 0.658. The van der Waals surface area contributed by atoms with E-state index in [9.17, 15) is 23.3 Å². The highest BCUT2D eigenvalue weighted by Gasteiger charge is 2.40. The van der Waals surface area contributed by atoms with E-state index in [-0.39, 0.29) is 17.9 Å². The highest BCUT2D eigenvalue weighted by molar-refractivity contribution is 5.53. The number of nitrogens with zero attached hydrogens (tertiary/aromatic N) is 1. The van der Waals surface area contributed by atoms with E-state index in [0.29, 0.717) is 6.07 Å². The molecule has 0 atom stereocenters. The van der Waals surface area contributed by atoms with Gasteiger partial charge in [-0.05, 0) is 12.1 Å². The Labute approximate surface area is 94.1 Å². The molecule has 0 aliphatic rings. The normalized spacial score (nSPS) is 11.4. The first-order valence-electron chi connectivity index (χ1n) is 4.43. The van der Waals surface area contributed by atoms with Crippen LogP contribution in [0.1, 0.15) is 11.1 Å². The molecule has 1 aromatic rings. The van der Waals surface area contributed by atoms with Crippen LogP contribution >= 0.6 is 0 Å². The minimum atomic E-state index is -4.83. The number of nitro groups is 1. The number of hydrogen-bond acceptors (Lipinski definition) is 4. The highest BCUT2D eigenvalue weighted by Crippen LogP contribution is 2.40. The molecule has 0 fully saturated rings. The largest absolute Gasteiger partial charge is 0.497 e. The van der Waals surface area contributed by atoms with E-state index < -0.39 is 22.4 Å². The molecule has 1 rings (SSSR count). The van der Waals surface area contributed by atoms with E-state index >= 15 is 0 Å². The molecule has 0 aromatic heterocycles. The summed E-state index contributed by atoms with van der Waals surface area (Å²) in [6.45, 7) is -0.378. The first-order valence-corrected chi connectivity index (χ1v) is 4.43. The third-order valence-corrected chi connectivity index (χ3v) is 2.11. The number of methoxy groups -OCH3 is 1.